The molecule has 1 aliphatic rings. The first-order valence-corrected chi connectivity index (χ1v) is 8.19. The van der Waals surface area contributed by atoms with Gasteiger partial charge < -0.3 is 4.90 Å². The van der Waals surface area contributed by atoms with Gasteiger partial charge in [0.1, 0.15) is 16.9 Å². The molecule has 0 spiro atoms. The zero-order chi connectivity index (χ0) is 15.6. The van der Waals surface area contributed by atoms with Crippen molar-refractivity contribution in [3.05, 3.63) is 34.7 Å². The smallest absolute Gasteiger partial charge is 0.259 e. The number of amides is 1. The summed E-state index contributed by atoms with van der Waals surface area (Å²) in [4.78, 5) is 19.3. The highest BCUT2D eigenvalue weighted by atomic mass is 32.1. The normalized spacial score (nSPS) is 18.3. The highest BCUT2D eigenvalue weighted by Gasteiger charge is 2.32. The number of likely N-dealkylation sites (tertiary alicyclic amines) is 1. The Kier molecular flexibility index (Phi) is 3.58. The zero-order valence-corrected chi connectivity index (χ0v) is 13.0. The molecule has 1 amide bonds. The first kappa shape index (κ1) is 14.0. The molecule has 0 unspecified atom stereocenters. The van der Waals surface area contributed by atoms with Gasteiger partial charge in [0.15, 0.2) is 5.82 Å². The van der Waals surface area contributed by atoms with Crippen LogP contribution in [0.2, 0.25) is 0 Å². The highest BCUT2D eigenvalue weighted by Crippen LogP contribution is 2.33. The molecule has 3 aromatic rings. The third-order valence-corrected chi connectivity index (χ3v) is 4.80. The molecule has 10 heteroatoms. The van der Waals surface area contributed by atoms with E-state index in [0.29, 0.717) is 17.9 Å². The van der Waals surface area contributed by atoms with Crippen LogP contribution < -0.4 is 0 Å². The molecule has 4 heterocycles. The number of carbonyl (C=O) groups is 1. The lowest BCUT2D eigenvalue weighted by molar-refractivity contribution is 0.0611. The number of aromatic amines is 1. The van der Waals surface area contributed by atoms with Crippen LogP contribution in [-0.2, 0) is 0 Å². The van der Waals surface area contributed by atoms with E-state index in [2.05, 4.69) is 30.7 Å². The second-order valence-electron chi connectivity index (χ2n) is 5.27. The molecule has 118 valence electrons. The molecule has 3 aromatic heterocycles. The predicted octanol–water partition coefficient (Wildman–Crippen LogP) is 1.21. The molecular formula is C13H14N8OS. The molecule has 0 bridgehead atoms. The van der Waals surface area contributed by atoms with Crippen LogP contribution in [-0.4, -0.2) is 52.7 Å². The van der Waals surface area contributed by atoms with Gasteiger partial charge in [-0.1, -0.05) is 0 Å². The van der Waals surface area contributed by atoms with Crippen LogP contribution in [0.25, 0.3) is 5.82 Å². The maximum absolute atomic E-state index is 13.0. The van der Waals surface area contributed by atoms with Gasteiger partial charge in [-0.25, -0.2) is 4.98 Å². The number of thiazole rings is 1. The Bertz CT molecular complexity index is 781. The summed E-state index contributed by atoms with van der Waals surface area (Å²) in [5.41, 5.74) is 0.459. The maximum Gasteiger partial charge on any atom is 0.259 e. The summed E-state index contributed by atoms with van der Waals surface area (Å²) in [6.07, 6.45) is 7.75. The van der Waals surface area contributed by atoms with Crippen LogP contribution in [0.15, 0.2) is 24.1 Å². The molecule has 1 saturated heterocycles. The Hall–Kier alpha value is -2.62. The van der Waals surface area contributed by atoms with E-state index in [-0.39, 0.29) is 11.9 Å². The first-order valence-electron chi connectivity index (χ1n) is 7.31. The number of hydrogen-bond acceptors (Lipinski definition) is 7. The number of nitrogens with one attached hydrogen (secondary N) is 1. The van der Waals surface area contributed by atoms with Gasteiger partial charge in [0, 0.05) is 18.1 Å². The van der Waals surface area contributed by atoms with Gasteiger partial charge in [-0.15, -0.1) is 16.4 Å². The fraction of sp³-hybridized carbons (Fsp3) is 0.385. The molecule has 1 aliphatic heterocycles. The van der Waals surface area contributed by atoms with Crippen LogP contribution in [0.5, 0.6) is 0 Å². The van der Waals surface area contributed by atoms with E-state index in [1.165, 1.54) is 17.2 Å². The molecule has 0 aliphatic carbocycles. The summed E-state index contributed by atoms with van der Waals surface area (Å²) in [7, 11) is 0. The lowest BCUT2D eigenvalue weighted by Crippen LogP contribution is -2.38. The van der Waals surface area contributed by atoms with E-state index in [1.54, 1.807) is 17.5 Å². The summed E-state index contributed by atoms with van der Waals surface area (Å²) >= 11 is 1.58. The third-order valence-electron chi connectivity index (χ3n) is 3.93. The third kappa shape index (κ3) is 2.50. The molecule has 1 atom stereocenters. The van der Waals surface area contributed by atoms with Crippen LogP contribution in [0.1, 0.15) is 40.7 Å². The number of carbonyl (C=O) groups excluding carboxylic acids is 1. The molecule has 0 saturated carbocycles. The molecule has 1 N–H and O–H groups in total. The monoisotopic (exact) mass is 330 g/mol. The topological polar surface area (TPSA) is 105 Å². The van der Waals surface area contributed by atoms with Gasteiger partial charge in [0.2, 0.25) is 0 Å². The van der Waals surface area contributed by atoms with Gasteiger partial charge >= 0.3 is 0 Å². The van der Waals surface area contributed by atoms with Crippen molar-refractivity contribution in [3.8, 4) is 5.82 Å². The number of tetrazole rings is 1. The molecule has 4 rings (SSSR count). The van der Waals surface area contributed by atoms with E-state index in [4.69, 9.17) is 0 Å². The first-order chi connectivity index (χ1) is 11.3. The lowest BCUT2D eigenvalue weighted by Gasteiger charge is -2.34. The van der Waals surface area contributed by atoms with Gasteiger partial charge in [-0.3, -0.25) is 9.89 Å². The highest BCUT2D eigenvalue weighted by molar-refractivity contribution is 7.09. The van der Waals surface area contributed by atoms with Crippen molar-refractivity contribution in [2.45, 2.75) is 25.3 Å². The minimum absolute atomic E-state index is 0.0212. The summed E-state index contributed by atoms with van der Waals surface area (Å²) in [5, 5.41) is 20.7. The number of piperidine rings is 1. The Morgan fingerprint density at radius 1 is 1.39 bits per heavy atom. The maximum atomic E-state index is 13.0. The Labute approximate surface area is 135 Å². The summed E-state index contributed by atoms with van der Waals surface area (Å²) in [5.74, 6) is 0.396. The van der Waals surface area contributed by atoms with Crippen molar-refractivity contribution >= 4 is 17.2 Å². The average Bonchev–Trinajstić information content (AvgIpc) is 3.35. The van der Waals surface area contributed by atoms with Crippen molar-refractivity contribution in [2.24, 2.45) is 0 Å². The minimum atomic E-state index is -0.0795. The number of hydrogen-bond donors (Lipinski definition) is 1. The Balaban J connectivity index is 1.67. The van der Waals surface area contributed by atoms with Gasteiger partial charge in [-0.2, -0.15) is 9.78 Å². The van der Waals surface area contributed by atoms with Crippen molar-refractivity contribution in [1.29, 1.82) is 0 Å². The van der Waals surface area contributed by atoms with Crippen LogP contribution in [0.4, 0.5) is 0 Å². The van der Waals surface area contributed by atoms with Gasteiger partial charge in [-0.05, 0) is 29.7 Å². The van der Waals surface area contributed by atoms with Crippen LogP contribution in [0.3, 0.4) is 0 Å². The second kappa shape index (κ2) is 5.88. The van der Waals surface area contributed by atoms with Crippen molar-refractivity contribution in [1.82, 2.24) is 40.3 Å². The van der Waals surface area contributed by atoms with E-state index in [9.17, 15) is 4.79 Å². The second-order valence-corrected chi connectivity index (χ2v) is 6.19. The Morgan fingerprint density at radius 2 is 2.35 bits per heavy atom. The van der Waals surface area contributed by atoms with Gasteiger partial charge in [0.05, 0.1) is 12.2 Å². The van der Waals surface area contributed by atoms with E-state index in [0.717, 1.165) is 24.3 Å². The molecular weight excluding hydrogens is 316 g/mol. The number of aromatic nitrogens is 7. The molecule has 1 fully saturated rings. The van der Waals surface area contributed by atoms with Crippen LogP contribution in [0, 0.1) is 0 Å². The fourth-order valence-corrected chi connectivity index (χ4v) is 3.64. The fourth-order valence-electron chi connectivity index (χ4n) is 2.86. The number of nitrogens with zero attached hydrogens (tertiary/aromatic N) is 7. The molecule has 23 heavy (non-hydrogen) atoms. The standard InChI is InChI=1S/C13H14N8OS/c22-13(9-7-15-17-11(9)21-8-16-18-19-21)20-5-2-1-3-10(20)12-14-4-6-23-12/h4,6-8,10H,1-3,5H2,(H,15,17)/t10-/m1/s1. The SMILES string of the molecule is O=C(c1cn[nH]c1-n1cnnn1)N1CCCC[C@@H]1c1nccs1. The van der Waals surface area contributed by atoms with E-state index < -0.39 is 0 Å². The predicted molar refractivity (Wildman–Crippen MR) is 81.0 cm³/mol. The quantitative estimate of drug-likeness (QED) is 0.774. The average molecular weight is 330 g/mol. The largest absolute Gasteiger partial charge is 0.329 e. The summed E-state index contributed by atoms with van der Waals surface area (Å²) < 4.78 is 1.41. The van der Waals surface area contributed by atoms with E-state index in [1.807, 2.05) is 10.3 Å². The lowest BCUT2D eigenvalue weighted by atomic mass is 10.0. The minimum Gasteiger partial charge on any atom is -0.329 e. The van der Waals surface area contributed by atoms with Crippen molar-refractivity contribution in [2.75, 3.05) is 6.54 Å². The molecule has 0 radical (unpaired) electrons. The molecule has 9 nitrogen and oxygen atoms in total. The molecule has 0 aromatic carbocycles. The zero-order valence-electron chi connectivity index (χ0n) is 12.2. The van der Waals surface area contributed by atoms with E-state index >= 15 is 0 Å². The van der Waals surface area contributed by atoms with Gasteiger partial charge in [0.25, 0.3) is 5.91 Å². The number of H-pyrrole nitrogens is 1. The summed E-state index contributed by atoms with van der Waals surface area (Å²) in [6, 6.07) is 0.0212. The number of rotatable bonds is 3. The van der Waals surface area contributed by atoms with Crippen LogP contribution >= 0.6 is 11.3 Å². The Morgan fingerprint density at radius 3 is 3.13 bits per heavy atom. The van der Waals surface area contributed by atoms with Crippen molar-refractivity contribution in [3.63, 3.8) is 0 Å². The van der Waals surface area contributed by atoms with Crippen molar-refractivity contribution < 1.29 is 4.79 Å². The summed E-state index contributed by atoms with van der Waals surface area (Å²) in [6.45, 7) is 0.712.